The first-order valence-corrected chi connectivity index (χ1v) is 5.40. The number of amides is 1. The number of carbonyl (C=O) groups is 2. The topological polar surface area (TPSA) is 86.6 Å². The molecule has 5 heteroatoms. The van der Waals surface area contributed by atoms with Crippen LogP contribution in [0.1, 0.15) is 24.4 Å². The van der Waals surface area contributed by atoms with E-state index in [9.17, 15) is 14.7 Å². The maximum Gasteiger partial charge on any atom is 0.331 e. The Kier molecular flexibility index (Phi) is 2.99. The van der Waals surface area contributed by atoms with Gasteiger partial charge in [0, 0.05) is 11.5 Å². The zero-order valence-corrected chi connectivity index (χ0v) is 9.09. The lowest BCUT2D eigenvalue weighted by atomic mass is 10.1. The number of nitrogens with one attached hydrogen (secondary N) is 1. The molecule has 0 spiro atoms. The first-order valence-electron chi connectivity index (χ1n) is 5.40. The fourth-order valence-electron chi connectivity index (χ4n) is 1.61. The smallest absolute Gasteiger partial charge is 0.331 e. The molecule has 1 amide bonds. The van der Waals surface area contributed by atoms with Crippen LogP contribution in [-0.4, -0.2) is 22.1 Å². The van der Waals surface area contributed by atoms with E-state index in [2.05, 4.69) is 5.32 Å². The molecule has 90 valence electrons. The number of phenolic OH excluding ortho intramolecular Hbond substituents is 1. The number of hydrogen-bond donors (Lipinski definition) is 3. The van der Waals surface area contributed by atoms with Gasteiger partial charge in [-0.05, 0) is 18.9 Å². The molecule has 0 heterocycles. The number of carboxylic acids is 1. The number of benzene rings is 1. The largest absolute Gasteiger partial charge is 0.508 e. The Balaban J connectivity index is 2.19. The number of aliphatic carboxylic acids is 1. The Morgan fingerprint density at radius 1 is 1.29 bits per heavy atom. The van der Waals surface area contributed by atoms with Gasteiger partial charge in [0.15, 0.2) is 6.04 Å². The molecule has 1 aliphatic rings. The third-order valence-electron chi connectivity index (χ3n) is 2.73. The van der Waals surface area contributed by atoms with Crippen LogP contribution in [0.4, 0.5) is 0 Å². The summed E-state index contributed by atoms with van der Waals surface area (Å²) in [5.41, 5.74) is 0.203. The normalized spacial score (nSPS) is 16.2. The van der Waals surface area contributed by atoms with Crippen LogP contribution in [0.3, 0.4) is 0 Å². The summed E-state index contributed by atoms with van der Waals surface area (Å²) in [6.45, 7) is 0. The summed E-state index contributed by atoms with van der Waals surface area (Å²) in [6, 6.07) is 4.91. The Labute approximate surface area is 98.1 Å². The van der Waals surface area contributed by atoms with Gasteiger partial charge in [-0.3, -0.25) is 4.79 Å². The molecule has 0 aliphatic heterocycles. The highest BCUT2D eigenvalue weighted by atomic mass is 16.4. The SMILES string of the molecule is O=C(N[C@@H](C(=O)O)c1ccccc1O)C1CC1. The van der Waals surface area contributed by atoms with Gasteiger partial charge < -0.3 is 15.5 Å². The average molecular weight is 235 g/mol. The maximum atomic E-state index is 11.5. The van der Waals surface area contributed by atoms with Crippen LogP contribution in [0.15, 0.2) is 24.3 Å². The molecular weight excluding hydrogens is 222 g/mol. The van der Waals surface area contributed by atoms with Crippen LogP contribution < -0.4 is 5.32 Å². The molecule has 1 fully saturated rings. The lowest BCUT2D eigenvalue weighted by molar-refractivity contribution is -0.142. The molecule has 1 saturated carbocycles. The molecule has 17 heavy (non-hydrogen) atoms. The quantitative estimate of drug-likeness (QED) is 0.727. The van der Waals surface area contributed by atoms with Gasteiger partial charge in [-0.2, -0.15) is 0 Å². The van der Waals surface area contributed by atoms with Gasteiger partial charge in [0.2, 0.25) is 5.91 Å². The first-order chi connectivity index (χ1) is 8.09. The highest BCUT2D eigenvalue weighted by Gasteiger charge is 2.33. The van der Waals surface area contributed by atoms with Crippen molar-refractivity contribution in [3.05, 3.63) is 29.8 Å². The Hall–Kier alpha value is -2.04. The van der Waals surface area contributed by atoms with Gasteiger partial charge in [-0.25, -0.2) is 4.79 Å². The van der Waals surface area contributed by atoms with Crippen molar-refractivity contribution in [1.82, 2.24) is 5.32 Å². The van der Waals surface area contributed by atoms with Crippen LogP contribution >= 0.6 is 0 Å². The van der Waals surface area contributed by atoms with E-state index in [0.717, 1.165) is 12.8 Å². The Morgan fingerprint density at radius 2 is 1.94 bits per heavy atom. The molecule has 1 aromatic carbocycles. The van der Waals surface area contributed by atoms with Crippen molar-refractivity contribution in [2.24, 2.45) is 5.92 Å². The van der Waals surface area contributed by atoms with Gasteiger partial charge in [-0.1, -0.05) is 18.2 Å². The predicted molar refractivity (Wildman–Crippen MR) is 59.4 cm³/mol. The van der Waals surface area contributed by atoms with Crippen molar-refractivity contribution >= 4 is 11.9 Å². The molecule has 1 aliphatic carbocycles. The number of carboxylic acid groups (broad SMARTS) is 1. The summed E-state index contributed by atoms with van der Waals surface area (Å²) in [6.07, 6.45) is 1.61. The molecule has 1 aromatic rings. The fourth-order valence-corrected chi connectivity index (χ4v) is 1.61. The maximum absolute atomic E-state index is 11.5. The van der Waals surface area contributed by atoms with E-state index < -0.39 is 12.0 Å². The second-order valence-corrected chi connectivity index (χ2v) is 4.11. The van der Waals surface area contributed by atoms with Crippen molar-refractivity contribution in [3.8, 4) is 5.75 Å². The van der Waals surface area contributed by atoms with E-state index in [1.165, 1.54) is 12.1 Å². The van der Waals surface area contributed by atoms with Crippen LogP contribution in [0, 0.1) is 5.92 Å². The van der Waals surface area contributed by atoms with Crippen LogP contribution in [0.2, 0.25) is 0 Å². The summed E-state index contributed by atoms with van der Waals surface area (Å²) >= 11 is 0. The summed E-state index contributed by atoms with van der Waals surface area (Å²) in [5, 5.41) is 21.1. The van der Waals surface area contributed by atoms with Gasteiger partial charge in [0.25, 0.3) is 0 Å². The first kappa shape index (κ1) is 11.4. The van der Waals surface area contributed by atoms with Gasteiger partial charge in [0.1, 0.15) is 5.75 Å². The van der Waals surface area contributed by atoms with Crippen molar-refractivity contribution in [3.63, 3.8) is 0 Å². The molecule has 0 unspecified atom stereocenters. The lowest BCUT2D eigenvalue weighted by Gasteiger charge is -2.15. The van der Waals surface area contributed by atoms with Crippen molar-refractivity contribution in [2.75, 3.05) is 0 Å². The summed E-state index contributed by atoms with van der Waals surface area (Å²) in [5.74, 6) is -1.64. The van der Waals surface area contributed by atoms with E-state index in [0.29, 0.717) is 0 Å². The van der Waals surface area contributed by atoms with Crippen molar-refractivity contribution < 1.29 is 19.8 Å². The van der Waals surface area contributed by atoms with Crippen molar-refractivity contribution in [2.45, 2.75) is 18.9 Å². The van der Waals surface area contributed by atoms with E-state index in [4.69, 9.17) is 5.11 Å². The zero-order valence-electron chi connectivity index (χ0n) is 9.09. The number of carbonyl (C=O) groups excluding carboxylic acids is 1. The molecule has 0 saturated heterocycles. The number of aromatic hydroxyl groups is 1. The Morgan fingerprint density at radius 3 is 2.47 bits per heavy atom. The van der Waals surface area contributed by atoms with Crippen LogP contribution in [-0.2, 0) is 9.59 Å². The summed E-state index contributed by atoms with van der Waals surface area (Å²) in [4.78, 5) is 22.7. The predicted octanol–water partition coefficient (Wildman–Crippen LogP) is 1.04. The van der Waals surface area contributed by atoms with Gasteiger partial charge in [-0.15, -0.1) is 0 Å². The minimum Gasteiger partial charge on any atom is -0.508 e. The molecular formula is C12H13NO4. The fraction of sp³-hybridized carbons (Fsp3) is 0.333. The number of hydrogen-bond acceptors (Lipinski definition) is 3. The lowest BCUT2D eigenvalue weighted by Crippen LogP contribution is -2.34. The highest BCUT2D eigenvalue weighted by molar-refractivity contribution is 5.87. The van der Waals surface area contributed by atoms with Crippen molar-refractivity contribution in [1.29, 1.82) is 0 Å². The number of para-hydroxylation sites is 1. The van der Waals surface area contributed by atoms with Gasteiger partial charge in [0.05, 0.1) is 0 Å². The van der Waals surface area contributed by atoms with Gasteiger partial charge >= 0.3 is 5.97 Å². The third-order valence-corrected chi connectivity index (χ3v) is 2.73. The second-order valence-electron chi connectivity index (χ2n) is 4.11. The summed E-state index contributed by atoms with van der Waals surface area (Å²) in [7, 11) is 0. The molecule has 0 aromatic heterocycles. The molecule has 3 N–H and O–H groups in total. The molecule has 1 atom stereocenters. The van der Waals surface area contributed by atoms with Crippen LogP contribution in [0.25, 0.3) is 0 Å². The molecule has 0 bridgehead atoms. The zero-order chi connectivity index (χ0) is 12.4. The third kappa shape index (κ3) is 2.55. The molecule has 2 rings (SSSR count). The average Bonchev–Trinajstić information content (AvgIpc) is 3.10. The summed E-state index contributed by atoms with van der Waals surface area (Å²) < 4.78 is 0. The van der Waals surface area contributed by atoms with E-state index in [-0.39, 0.29) is 23.1 Å². The molecule has 0 radical (unpaired) electrons. The monoisotopic (exact) mass is 235 g/mol. The number of rotatable bonds is 4. The minimum atomic E-state index is -1.19. The van der Waals surface area contributed by atoms with E-state index in [1.807, 2.05) is 0 Å². The Bertz CT molecular complexity index is 454. The second kappa shape index (κ2) is 4.45. The minimum absolute atomic E-state index is 0.0669. The highest BCUT2D eigenvalue weighted by Crippen LogP contribution is 2.31. The molecule has 5 nitrogen and oxygen atoms in total. The van der Waals surface area contributed by atoms with Crippen LogP contribution in [0.5, 0.6) is 5.75 Å². The van der Waals surface area contributed by atoms with E-state index in [1.54, 1.807) is 12.1 Å². The standard InChI is InChI=1S/C12H13NO4/c14-9-4-2-1-3-8(9)10(12(16)17)13-11(15)7-5-6-7/h1-4,7,10,14H,5-6H2,(H,13,15)(H,16,17)/t10-/m1/s1. The van der Waals surface area contributed by atoms with E-state index >= 15 is 0 Å². The number of phenols is 1.